The minimum Gasteiger partial charge on any atom is -0.326 e. The number of nitrogens with two attached hydrogens (primary N) is 1. The van der Waals surface area contributed by atoms with Crippen LogP contribution in [0.15, 0.2) is 34.0 Å². The van der Waals surface area contributed by atoms with Gasteiger partial charge in [-0.15, -0.1) is 11.3 Å². The molecule has 0 aliphatic rings. The number of aryl methyl sites for hydroxylation is 1. The highest BCUT2D eigenvalue weighted by molar-refractivity contribution is 7.94. The van der Waals surface area contributed by atoms with Crippen molar-refractivity contribution in [2.75, 3.05) is 4.72 Å². The van der Waals surface area contributed by atoms with E-state index in [-0.39, 0.29) is 4.21 Å². The molecular weight excluding hydrogens is 270 g/mol. The summed E-state index contributed by atoms with van der Waals surface area (Å²) in [5.41, 5.74) is 7.53. The molecular formula is C11H13N3O2S2. The third kappa shape index (κ3) is 2.87. The van der Waals surface area contributed by atoms with Crippen molar-refractivity contribution in [2.45, 2.75) is 17.7 Å². The SMILES string of the molecule is Cc1cc(NS(=O)(=O)c2cc(CN)cs2)ccn1. The highest BCUT2D eigenvalue weighted by atomic mass is 32.2. The van der Waals surface area contributed by atoms with E-state index >= 15 is 0 Å². The van der Waals surface area contributed by atoms with Crippen molar-refractivity contribution < 1.29 is 8.42 Å². The van der Waals surface area contributed by atoms with Crippen LogP contribution in [0.2, 0.25) is 0 Å². The van der Waals surface area contributed by atoms with Crippen LogP contribution in [0.25, 0.3) is 0 Å². The molecule has 2 aromatic heterocycles. The normalized spacial score (nSPS) is 11.4. The van der Waals surface area contributed by atoms with Crippen molar-refractivity contribution in [1.29, 1.82) is 0 Å². The molecule has 0 spiro atoms. The highest BCUT2D eigenvalue weighted by Gasteiger charge is 2.16. The zero-order chi connectivity index (χ0) is 13.2. The average Bonchev–Trinajstić information content (AvgIpc) is 2.77. The molecule has 2 heterocycles. The van der Waals surface area contributed by atoms with Crippen molar-refractivity contribution in [3.05, 3.63) is 41.0 Å². The lowest BCUT2D eigenvalue weighted by Gasteiger charge is -2.06. The van der Waals surface area contributed by atoms with Gasteiger partial charge in [-0.3, -0.25) is 9.71 Å². The Morgan fingerprint density at radius 3 is 2.83 bits per heavy atom. The first-order valence-corrected chi connectivity index (χ1v) is 7.60. The fraction of sp³-hybridized carbons (Fsp3) is 0.182. The van der Waals surface area contributed by atoms with Crippen LogP contribution in [-0.2, 0) is 16.6 Å². The molecule has 0 aliphatic heterocycles. The molecule has 0 aromatic carbocycles. The van der Waals surface area contributed by atoms with E-state index in [1.165, 1.54) is 0 Å². The number of anilines is 1. The molecule has 0 saturated carbocycles. The molecule has 0 aliphatic carbocycles. The third-order valence-electron chi connectivity index (χ3n) is 2.28. The van der Waals surface area contributed by atoms with Crippen molar-refractivity contribution in [3.63, 3.8) is 0 Å². The summed E-state index contributed by atoms with van der Waals surface area (Å²) in [7, 11) is -3.53. The summed E-state index contributed by atoms with van der Waals surface area (Å²) in [5.74, 6) is 0. The van der Waals surface area contributed by atoms with Gasteiger partial charge in [-0.2, -0.15) is 0 Å². The lowest BCUT2D eigenvalue weighted by molar-refractivity contribution is 0.603. The van der Waals surface area contributed by atoms with Crippen LogP contribution < -0.4 is 10.5 Å². The molecule has 18 heavy (non-hydrogen) atoms. The summed E-state index contributed by atoms with van der Waals surface area (Å²) >= 11 is 1.16. The third-order valence-corrected chi connectivity index (χ3v) is 5.15. The minimum atomic E-state index is -3.53. The van der Waals surface area contributed by atoms with Gasteiger partial charge < -0.3 is 5.73 Å². The zero-order valence-corrected chi connectivity index (χ0v) is 11.4. The molecule has 0 bridgehead atoms. The first-order valence-electron chi connectivity index (χ1n) is 5.24. The number of rotatable bonds is 4. The second kappa shape index (κ2) is 5.05. The maximum atomic E-state index is 12.1. The molecule has 7 heteroatoms. The fourth-order valence-electron chi connectivity index (χ4n) is 1.42. The number of aromatic nitrogens is 1. The lowest BCUT2D eigenvalue weighted by atomic mass is 10.3. The quantitative estimate of drug-likeness (QED) is 0.894. The largest absolute Gasteiger partial charge is 0.326 e. The number of nitrogens with one attached hydrogen (secondary N) is 1. The number of sulfonamides is 1. The maximum Gasteiger partial charge on any atom is 0.271 e. The summed E-state index contributed by atoms with van der Waals surface area (Å²) in [6, 6.07) is 4.87. The van der Waals surface area contributed by atoms with Gasteiger partial charge in [-0.1, -0.05) is 0 Å². The fourth-order valence-corrected chi connectivity index (χ4v) is 3.69. The van der Waals surface area contributed by atoms with Gasteiger partial charge in [0.25, 0.3) is 10.0 Å². The monoisotopic (exact) mass is 283 g/mol. The van der Waals surface area contributed by atoms with E-state index in [4.69, 9.17) is 5.73 Å². The molecule has 0 saturated heterocycles. The van der Waals surface area contributed by atoms with E-state index in [1.54, 1.807) is 36.7 Å². The summed E-state index contributed by atoms with van der Waals surface area (Å²) in [4.78, 5) is 4.01. The van der Waals surface area contributed by atoms with Crippen LogP contribution in [0.5, 0.6) is 0 Å². The van der Waals surface area contributed by atoms with Crippen LogP contribution in [0, 0.1) is 6.92 Å². The van der Waals surface area contributed by atoms with Crippen LogP contribution in [0.1, 0.15) is 11.3 Å². The van der Waals surface area contributed by atoms with Crippen molar-refractivity contribution in [1.82, 2.24) is 4.98 Å². The summed E-state index contributed by atoms with van der Waals surface area (Å²) in [6.45, 7) is 2.13. The Hall–Kier alpha value is -1.44. The molecule has 3 N–H and O–H groups in total. The first kappa shape index (κ1) is 13.0. The second-order valence-corrected chi connectivity index (χ2v) is 6.59. The van der Waals surface area contributed by atoms with E-state index in [1.807, 2.05) is 0 Å². The maximum absolute atomic E-state index is 12.1. The summed E-state index contributed by atoms with van der Waals surface area (Å²) < 4.78 is 26.9. The first-order chi connectivity index (χ1) is 8.51. The number of nitrogens with zero attached hydrogens (tertiary/aromatic N) is 1. The molecule has 5 nitrogen and oxygen atoms in total. The van der Waals surface area contributed by atoms with Gasteiger partial charge in [-0.25, -0.2) is 8.42 Å². The predicted molar refractivity (Wildman–Crippen MR) is 72.0 cm³/mol. The van der Waals surface area contributed by atoms with E-state index < -0.39 is 10.0 Å². The lowest BCUT2D eigenvalue weighted by Crippen LogP contribution is -2.11. The molecule has 96 valence electrons. The van der Waals surface area contributed by atoms with Gasteiger partial charge in [0, 0.05) is 18.4 Å². The van der Waals surface area contributed by atoms with E-state index in [0.29, 0.717) is 12.2 Å². The van der Waals surface area contributed by atoms with Crippen LogP contribution >= 0.6 is 11.3 Å². The van der Waals surface area contributed by atoms with E-state index in [0.717, 1.165) is 22.6 Å². The Bertz CT molecular complexity index is 650. The van der Waals surface area contributed by atoms with Gasteiger partial charge in [0.2, 0.25) is 0 Å². The summed E-state index contributed by atoms with van der Waals surface area (Å²) in [6.07, 6.45) is 1.56. The van der Waals surface area contributed by atoms with E-state index in [2.05, 4.69) is 9.71 Å². The molecule has 0 fully saturated rings. The Labute approximate surface area is 110 Å². The molecule has 0 amide bonds. The number of pyridine rings is 1. The number of hydrogen-bond acceptors (Lipinski definition) is 5. The Balaban J connectivity index is 2.27. The molecule has 2 rings (SSSR count). The van der Waals surface area contributed by atoms with Gasteiger partial charge in [0.05, 0.1) is 5.69 Å². The van der Waals surface area contributed by atoms with Gasteiger partial charge >= 0.3 is 0 Å². The number of hydrogen-bond donors (Lipinski definition) is 2. The van der Waals surface area contributed by atoms with Crippen molar-refractivity contribution >= 4 is 27.0 Å². The van der Waals surface area contributed by atoms with E-state index in [9.17, 15) is 8.42 Å². The molecule has 0 atom stereocenters. The Morgan fingerprint density at radius 1 is 1.44 bits per heavy atom. The van der Waals surface area contributed by atoms with Crippen molar-refractivity contribution in [2.24, 2.45) is 5.73 Å². The Morgan fingerprint density at radius 2 is 2.22 bits per heavy atom. The second-order valence-electron chi connectivity index (χ2n) is 3.77. The van der Waals surface area contributed by atoms with Gasteiger partial charge in [-0.05, 0) is 36.1 Å². The van der Waals surface area contributed by atoms with Crippen LogP contribution in [-0.4, -0.2) is 13.4 Å². The average molecular weight is 283 g/mol. The van der Waals surface area contributed by atoms with Crippen LogP contribution in [0.4, 0.5) is 5.69 Å². The standard InChI is InChI=1S/C11H13N3O2S2/c1-8-4-10(2-3-13-8)14-18(15,16)11-5-9(6-12)7-17-11/h2-5,7H,6,12H2,1H3,(H,13,14). The topological polar surface area (TPSA) is 85.1 Å². The number of thiophene rings is 1. The van der Waals surface area contributed by atoms with Crippen molar-refractivity contribution in [3.8, 4) is 0 Å². The Kier molecular flexibility index (Phi) is 3.65. The molecule has 0 unspecified atom stereocenters. The molecule has 0 radical (unpaired) electrons. The van der Waals surface area contributed by atoms with Gasteiger partial charge in [0.1, 0.15) is 4.21 Å². The van der Waals surface area contributed by atoms with Crippen LogP contribution in [0.3, 0.4) is 0 Å². The summed E-state index contributed by atoms with van der Waals surface area (Å²) in [5, 5.41) is 1.74. The smallest absolute Gasteiger partial charge is 0.271 e. The highest BCUT2D eigenvalue weighted by Crippen LogP contribution is 2.22. The minimum absolute atomic E-state index is 0.261. The predicted octanol–water partition coefficient (Wildman–Crippen LogP) is 1.71. The molecule has 2 aromatic rings. The van der Waals surface area contributed by atoms with Gasteiger partial charge in [0.15, 0.2) is 0 Å². The zero-order valence-electron chi connectivity index (χ0n) is 9.75.